The van der Waals surface area contributed by atoms with Gasteiger partial charge in [-0.1, -0.05) is 41.4 Å². The lowest BCUT2D eigenvalue weighted by Gasteiger charge is -2.18. The van der Waals surface area contributed by atoms with Gasteiger partial charge in [-0.15, -0.1) is 0 Å². The highest BCUT2D eigenvalue weighted by molar-refractivity contribution is 6.45. The molecule has 0 spiro atoms. The lowest BCUT2D eigenvalue weighted by molar-refractivity contribution is -0.121. The third-order valence-electron chi connectivity index (χ3n) is 3.78. The van der Waals surface area contributed by atoms with Crippen molar-refractivity contribution in [3.63, 3.8) is 0 Å². The molecule has 2 amide bonds. The zero-order valence-corrected chi connectivity index (χ0v) is 13.8. The van der Waals surface area contributed by atoms with Gasteiger partial charge in [-0.05, 0) is 30.7 Å². The number of nitrogens with zero attached hydrogens (tertiary/aromatic N) is 1. The van der Waals surface area contributed by atoms with Gasteiger partial charge >= 0.3 is 5.91 Å². The average molecular weight is 344 g/mol. The van der Waals surface area contributed by atoms with Crippen LogP contribution in [0.3, 0.4) is 0 Å². The van der Waals surface area contributed by atoms with Gasteiger partial charge in [0.05, 0.1) is 18.4 Å². The number of methoxy groups -OCH3 is 1. The number of aryl methyl sites for hydroxylation is 1. The van der Waals surface area contributed by atoms with Crippen molar-refractivity contribution in [2.75, 3.05) is 12.0 Å². The van der Waals surface area contributed by atoms with Crippen molar-refractivity contribution in [2.24, 2.45) is 0 Å². The van der Waals surface area contributed by atoms with Crippen molar-refractivity contribution in [3.05, 3.63) is 64.4 Å². The van der Waals surface area contributed by atoms with Crippen LogP contribution in [0.2, 0.25) is 5.02 Å². The Hall–Kier alpha value is -2.79. The molecule has 5 nitrogen and oxygen atoms in total. The number of halogens is 1. The summed E-state index contributed by atoms with van der Waals surface area (Å²) < 4.78 is 5.20. The van der Waals surface area contributed by atoms with Gasteiger partial charge in [0.15, 0.2) is 5.76 Å². The molecule has 0 atom stereocenters. The topological polar surface area (TPSA) is 66.8 Å². The molecular formula is C18H14ClNO4. The summed E-state index contributed by atoms with van der Waals surface area (Å²) in [6.07, 6.45) is 0. The molecule has 122 valence electrons. The first-order valence-electron chi connectivity index (χ1n) is 7.16. The molecule has 0 aliphatic carbocycles. The molecular weight excluding hydrogens is 330 g/mol. The van der Waals surface area contributed by atoms with Gasteiger partial charge in [-0.2, -0.15) is 0 Å². The molecule has 2 aromatic carbocycles. The van der Waals surface area contributed by atoms with E-state index in [1.165, 1.54) is 13.2 Å². The maximum Gasteiger partial charge on any atom is 0.301 e. The fourth-order valence-electron chi connectivity index (χ4n) is 2.56. The van der Waals surface area contributed by atoms with E-state index in [2.05, 4.69) is 0 Å². The minimum absolute atomic E-state index is 0.0398. The number of carbonyl (C=O) groups is 2. The molecule has 2 aromatic rings. The van der Waals surface area contributed by atoms with E-state index in [-0.39, 0.29) is 11.3 Å². The summed E-state index contributed by atoms with van der Waals surface area (Å²) in [5.41, 5.74) is 1.62. The van der Waals surface area contributed by atoms with Crippen molar-refractivity contribution in [2.45, 2.75) is 6.92 Å². The van der Waals surface area contributed by atoms with Gasteiger partial charge in [0, 0.05) is 5.02 Å². The smallest absolute Gasteiger partial charge is 0.301 e. The highest BCUT2D eigenvalue weighted by Crippen LogP contribution is 2.38. The van der Waals surface area contributed by atoms with Crippen LogP contribution in [0, 0.1) is 6.92 Å². The summed E-state index contributed by atoms with van der Waals surface area (Å²) in [6.45, 7) is 1.91. The van der Waals surface area contributed by atoms with Gasteiger partial charge in [0.25, 0.3) is 5.91 Å². The fourth-order valence-corrected chi connectivity index (χ4v) is 2.72. The maximum absolute atomic E-state index is 12.8. The van der Waals surface area contributed by atoms with Gasteiger partial charge in [0.1, 0.15) is 5.75 Å². The molecule has 24 heavy (non-hydrogen) atoms. The van der Waals surface area contributed by atoms with Crippen LogP contribution in [0.5, 0.6) is 5.75 Å². The maximum atomic E-state index is 12.8. The van der Waals surface area contributed by atoms with Gasteiger partial charge < -0.3 is 9.84 Å². The third kappa shape index (κ3) is 2.53. The molecule has 6 heteroatoms. The van der Waals surface area contributed by atoms with E-state index in [1.54, 1.807) is 36.4 Å². The Kier molecular flexibility index (Phi) is 4.03. The first-order valence-corrected chi connectivity index (χ1v) is 7.54. The number of aliphatic hydroxyl groups is 1. The number of anilines is 1. The summed E-state index contributed by atoms with van der Waals surface area (Å²) in [6, 6.07) is 11.6. The first-order chi connectivity index (χ1) is 11.4. The molecule has 0 saturated heterocycles. The van der Waals surface area contributed by atoms with Crippen LogP contribution in [0.15, 0.2) is 48.2 Å². The Labute approximate surface area is 143 Å². The SMILES string of the molecule is COc1ccc(Cl)cc1N1C(=O)C(O)=C(c2ccc(C)cc2)C1=O. The van der Waals surface area contributed by atoms with Gasteiger partial charge in [0.2, 0.25) is 0 Å². The second kappa shape index (κ2) is 6.02. The highest BCUT2D eigenvalue weighted by atomic mass is 35.5. The minimum atomic E-state index is -0.809. The zero-order valence-electron chi connectivity index (χ0n) is 13.0. The number of hydrogen-bond acceptors (Lipinski definition) is 4. The lowest BCUT2D eigenvalue weighted by atomic mass is 10.0. The first kappa shape index (κ1) is 16.1. The van der Waals surface area contributed by atoms with Crippen molar-refractivity contribution >= 4 is 34.7 Å². The van der Waals surface area contributed by atoms with E-state index in [9.17, 15) is 14.7 Å². The fraction of sp³-hybridized carbons (Fsp3) is 0.111. The van der Waals surface area contributed by atoms with Crippen molar-refractivity contribution < 1.29 is 19.4 Å². The summed E-state index contributed by atoms with van der Waals surface area (Å²) >= 11 is 5.97. The van der Waals surface area contributed by atoms with Crippen LogP contribution in [0.4, 0.5) is 5.69 Å². The standard InChI is InChI=1S/C18H14ClNO4/c1-10-3-5-11(6-4-10)15-16(21)18(23)20(17(15)22)13-9-12(19)7-8-14(13)24-2/h3-9,21H,1-2H3. The largest absolute Gasteiger partial charge is 0.502 e. The Morgan fingerprint density at radius 2 is 1.71 bits per heavy atom. The second-order valence-electron chi connectivity index (χ2n) is 5.35. The Morgan fingerprint density at radius 1 is 1.04 bits per heavy atom. The molecule has 0 bridgehead atoms. The van der Waals surface area contributed by atoms with Crippen LogP contribution in [0.1, 0.15) is 11.1 Å². The summed E-state index contributed by atoms with van der Waals surface area (Å²) in [5.74, 6) is -1.72. The predicted octanol–water partition coefficient (Wildman–Crippen LogP) is 3.50. The van der Waals surface area contributed by atoms with E-state index >= 15 is 0 Å². The van der Waals surface area contributed by atoms with E-state index in [1.807, 2.05) is 6.92 Å². The van der Waals surface area contributed by atoms with Crippen LogP contribution < -0.4 is 9.64 Å². The summed E-state index contributed by atoms with van der Waals surface area (Å²) in [7, 11) is 1.42. The molecule has 0 aromatic heterocycles. The average Bonchev–Trinajstić information content (AvgIpc) is 2.78. The molecule has 0 radical (unpaired) electrons. The Bertz CT molecular complexity index is 871. The molecule has 3 rings (SSSR count). The van der Waals surface area contributed by atoms with E-state index < -0.39 is 17.6 Å². The van der Waals surface area contributed by atoms with Crippen molar-refractivity contribution in [1.82, 2.24) is 0 Å². The van der Waals surface area contributed by atoms with E-state index in [4.69, 9.17) is 16.3 Å². The summed E-state index contributed by atoms with van der Waals surface area (Å²) in [4.78, 5) is 26.1. The van der Waals surface area contributed by atoms with Crippen LogP contribution in [0.25, 0.3) is 5.57 Å². The second-order valence-corrected chi connectivity index (χ2v) is 5.79. The van der Waals surface area contributed by atoms with Gasteiger partial charge in [-0.25, -0.2) is 4.90 Å². The van der Waals surface area contributed by atoms with Gasteiger partial charge in [-0.3, -0.25) is 9.59 Å². The monoisotopic (exact) mass is 343 g/mol. The van der Waals surface area contributed by atoms with Crippen molar-refractivity contribution in [1.29, 1.82) is 0 Å². The number of carbonyl (C=O) groups excluding carboxylic acids is 2. The molecule has 1 aliphatic rings. The Balaban J connectivity index is 2.09. The molecule has 0 fully saturated rings. The molecule has 0 saturated carbocycles. The number of ether oxygens (including phenoxy) is 1. The zero-order chi connectivity index (χ0) is 17.4. The molecule has 1 aliphatic heterocycles. The number of imide groups is 1. The number of amides is 2. The lowest BCUT2D eigenvalue weighted by Crippen LogP contribution is -2.31. The predicted molar refractivity (Wildman–Crippen MR) is 91.2 cm³/mol. The number of rotatable bonds is 3. The van der Waals surface area contributed by atoms with E-state index in [0.29, 0.717) is 16.3 Å². The quantitative estimate of drug-likeness (QED) is 0.866. The highest BCUT2D eigenvalue weighted by Gasteiger charge is 2.41. The minimum Gasteiger partial charge on any atom is -0.502 e. The molecule has 1 N–H and O–H groups in total. The number of benzene rings is 2. The van der Waals surface area contributed by atoms with Crippen LogP contribution >= 0.6 is 11.6 Å². The van der Waals surface area contributed by atoms with E-state index in [0.717, 1.165) is 10.5 Å². The van der Waals surface area contributed by atoms with Crippen molar-refractivity contribution in [3.8, 4) is 5.75 Å². The number of aliphatic hydroxyl groups excluding tert-OH is 1. The van der Waals surface area contributed by atoms with Crippen LogP contribution in [-0.2, 0) is 9.59 Å². The normalized spacial score (nSPS) is 14.5. The third-order valence-corrected chi connectivity index (χ3v) is 4.02. The number of hydrogen-bond donors (Lipinski definition) is 1. The Morgan fingerprint density at radius 3 is 2.33 bits per heavy atom. The molecule has 1 heterocycles. The molecule has 0 unspecified atom stereocenters. The van der Waals surface area contributed by atoms with Crippen LogP contribution in [-0.4, -0.2) is 24.0 Å². The summed E-state index contributed by atoms with van der Waals surface area (Å²) in [5, 5.41) is 10.6.